The zero-order valence-corrected chi connectivity index (χ0v) is 17.5. The summed E-state index contributed by atoms with van der Waals surface area (Å²) in [6, 6.07) is 11.6. The normalized spacial score (nSPS) is 10.2. The first kappa shape index (κ1) is 22.1. The Labute approximate surface area is 172 Å². The number of nitrogens with one attached hydrogen (secondary N) is 1. The van der Waals surface area contributed by atoms with Crippen molar-refractivity contribution in [2.75, 3.05) is 26.9 Å². The lowest BCUT2D eigenvalue weighted by molar-refractivity contribution is -0.120. The van der Waals surface area contributed by atoms with Crippen LogP contribution >= 0.6 is 0 Å². The van der Waals surface area contributed by atoms with Gasteiger partial charge in [0.25, 0.3) is 0 Å². The Morgan fingerprint density at radius 3 is 2.48 bits per heavy atom. The van der Waals surface area contributed by atoms with E-state index in [0.29, 0.717) is 37.7 Å². The van der Waals surface area contributed by atoms with Gasteiger partial charge in [0.15, 0.2) is 0 Å². The van der Waals surface area contributed by atoms with Crippen LogP contribution in [0.3, 0.4) is 0 Å². The molecule has 0 aliphatic rings. The predicted octanol–water partition coefficient (Wildman–Crippen LogP) is 3.65. The van der Waals surface area contributed by atoms with Gasteiger partial charge in [-0.3, -0.25) is 4.79 Å². The van der Waals surface area contributed by atoms with Gasteiger partial charge in [0.1, 0.15) is 36.9 Å². The van der Waals surface area contributed by atoms with Gasteiger partial charge in [-0.1, -0.05) is 12.1 Å². The number of hydrogen-bond acceptors (Lipinski definition) is 5. The fourth-order valence-electron chi connectivity index (χ4n) is 2.93. The van der Waals surface area contributed by atoms with Crippen LogP contribution in [-0.4, -0.2) is 32.8 Å². The highest BCUT2D eigenvalue weighted by molar-refractivity contribution is 5.77. The van der Waals surface area contributed by atoms with Crippen LogP contribution in [0.1, 0.15) is 28.7 Å². The van der Waals surface area contributed by atoms with E-state index in [2.05, 4.69) is 18.3 Å². The highest BCUT2D eigenvalue weighted by Gasteiger charge is 2.09. The molecule has 0 aromatic heterocycles. The number of nitrogens with zero attached hydrogens (tertiary/aromatic N) is 1. The molecule has 1 N–H and O–H groups in total. The lowest BCUT2D eigenvalue weighted by Crippen LogP contribution is -2.25. The summed E-state index contributed by atoms with van der Waals surface area (Å²) in [5.74, 6) is 1.99. The molecule has 6 heteroatoms. The minimum Gasteiger partial charge on any atom is -0.497 e. The Kier molecular flexibility index (Phi) is 8.35. The van der Waals surface area contributed by atoms with Gasteiger partial charge in [-0.15, -0.1) is 0 Å². The summed E-state index contributed by atoms with van der Waals surface area (Å²) in [6.45, 7) is 7.40. The van der Waals surface area contributed by atoms with E-state index in [1.807, 2.05) is 44.2 Å². The van der Waals surface area contributed by atoms with Crippen LogP contribution < -0.4 is 19.5 Å². The second kappa shape index (κ2) is 11.0. The van der Waals surface area contributed by atoms with Gasteiger partial charge in [0.2, 0.25) is 5.91 Å². The van der Waals surface area contributed by atoms with Gasteiger partial charge in [-0.2, -0.15) is 5.26 Å². The molecule has 0 saturated heterocycles. The molecule has 0 spiro atoms. The number of ether oxygens (including phenoxy) is 3. The summed E-state index contributed by atoms with van der Waals surface area (Å²) in [7, 11) is 1.60. The van der Waals surface area contributed by atoms with Crippen molar-refractivity contribution in [2.45, 2.75) is 33.6 Å². The molecule has 1 amide bonds. The molecule has 0 aliphatic heterocycles. The second-order valence-corrected chi connectivity index (χ2v) is 6.81. The maximum absolute atomic E-state index is 11.4. The quantitative estimate of drug-likeness (QED) is 0.620. The number of hydrogen-bond donors (Lipinski definition) is 1. The number of amides is 1. The summed E-state index contributed by atoms with van der Waals surface area (Å²) in [4.78, 5) is 11.4. The van der Waals surface area contributed by atoms with Crippen LogP contribution in [0.2, 0.25) is 0 Å². The van der Waals surface area contributed by atoms with Crippen LogP contribution in [0.25, 0.3) is 0 Å². The van der Waals surface area contributed by atoms with Crippen molar-refractivity contribution in [2.24, 2.45) is 0 Å². The number of rotatable bonds is 10. The lowest BCUT2D eigenvalue weighted by Gasteiger charge is -2.15. The molecular weight excluding hydrogens is 368 g/mol. The zero-order chi connectivity index (χ0) is 21.2. The van der Waals surface area contributed by atoms with E-state index in [4.69, 9.17) is 19.5 Å². The first-order valence-corrected chi connectivity index (χ1v) is 9.58. The van der Waals surface area contributed by atoms with Crippen molar-refractivity contribution >= 4 is 5.91 Å². The Hall–Kier alpha value is -3.20. The van der Waals surface area contributed by atoms with Crippen molar-refractivity contribution in [1.82, 2.24) is 5.32 Å². The Bertz CT molecular complexity index is 887. The summed E-state index contributed by atoms with van der Waals surface area (Å²) in [5, 5.41) is 11.3. The number of benzene rings is 2. The van der Waals surface area contributed by atoms with Gasteiger partial charge >= 0.3 is 0 Å². The van der Waals surface area contributed by atoms with E-state index in [1.165, 1.54) is 5.56 Å². The highest BCUT2D eigenvalue weighted by Crippen LogP contribution is 2.26. The van der Waals surface area contributed by atoms with Crippen LogP contribution in [0.4, 0.5) is 0 Å². The van der Waals surface area contributed by atoms with Crippen LogP contribution in [-0.2, 0) is 11.2 Å². The molecule has 0 fully saturated rings. The molecule has 2 rings (SSSR count). The van der Waals surface area contributed by atoms with Crippen molar-refractivity contribution < 1.29 is 19.0 Å². The number of methoxy groups -OCH3 is 1. The van der Waals surface area contributed by atoms with Crippen LogP contribution in [0, 0.1) is 32.1 Å². The summed E-state index contributed by atoms with van der Waals surface area (Å²) < 4.78 is 17.1. The van der Waals surface area contributed by atoms with Crippen molar-refractivity contribution in [1.29, 1.82) is 5.26 Å². The Morgan fingerprint density at radius 1 is 1.07 bits per heavy atom. The molecule has 0 aliphatic carbocycles. The fraction of sp³-hybridized carbons (Fsp3) is 0.391. The minimum absolute atomic E-state index is 0.138. The second-order valence-electron chi connectivity index (χ2n) is 6.81. The first-order valence-electron chi connectivity index (χ1n) is 9.58. The van der Waals surface area contributed by atoms with Gasteiger partial charge < -0.3 is 19.5 Å². The molecule has 0 radical (unpaired) electrons. The third kappa shape index (κ3) is 6.72. The van der Waals surface area contributed by atoms with E-state index >= 15 is 0 Å². The molecular formula is C23H28N2O4. The molecule has 6 nitrogen and oxygen atoms in total. The molecule has 0 saturated carbocycles. The average Bonchev–Trinajstić information content (AvgIpc) is 2.69. The minimum atomic E-state index is -0.277. The largest absolute Gasteiger partial charge is 0.497 e. The molecule has 0 atom stereocenters. The van der Waals surface area contributed by atoms with E-state index in [-0.39, 0.29) is 12.3 Å². The van der Waals surface area contributed by atoms with Gasteiger partial charge in [-0.05, 0) is 61.6 Å². The van der Waals surface area contributed by atoms with Crippen molar-refractivity contribution in [3.63, 3.8) is 0 Å². The number of carbonyl (C=O) groups excluding carboxylic acids is 1. The summed E-state index contributed by atoms with van der Waals surface area (Å²) >= 11 is 0. The zero-order valence-electron chi connectivity index (χ0n) is 17.5. The van der Waals surface area contributed by atoms with Crippen molar-refractivity contribution in [3.05, 3.63) is 52.6 Å². The average molecular weight is 396 g/mol. The third-order valence-electron chi connectivity index (χ3n) is 4.59. The Balaban J connectivity index is 1.94. The Morgan fingerprint density at radius 2 is 1.79 bits per heavy atom. The fourth-order valence-corrected chi connectivity index (χ4v) is 2.93. The van der Waals surface area contributed by atoms with Gasteiger partial charge in [0.05, 0.1) is 13.2 Å². The third-order valence-corrected chi connectivity index (χ3v) is 4.59. The van der Waals surface area contributed by atoms with Gasteiger partial charge in [-0.25, -0.2) is 0 Å². The molecule has 29 heavy (non-hydrogen) atoms. The summed E-state index contributed by atoms with van der Waals surface area (Å²) in [6.07, 6.45) is 0.453. The first-order chi connectivity index (χ1) is 13.9. The molecule has 154 valence electrons. The maximum atomic E-state index is 11.4. The summed E-state index contributed by atoms with van der Waals surface area (Å²) in [5.41, 5.74) is 4.45. The van der Waals surface area contributed by atoms with E-state index in [0.717, 1.165) is 22.4 Å². The van der Waals surface area contributed by atoms with Crippen LogP contribution in [0.15, 0.2) is 30.3 Å². The molecule has 2 aromatic rings. The molecule has 0 heterocycles. The smallest absolute Gasteiger partial charge is 0.234 e. The number of carbonyl (C=O) groups is 1. The molecule has 0 unspecified atom stereocenters. The van der Waals surface area contributed by atoms with Gasteiger partial charge in [0, 0.05) is 12.6 Å². The van der Waals surface area contributed by atoms with E-state index < -0.39 is 0 Å². The topological polar surface area (TPSA) is 80.6 Å². The van der Waals surface area contributed by atoms with Crippen LogP contribution in [0.5, 0.6) is 17.2 Å². The van der Waals surface area contributed by atoms with Crippen molar-refractivity contribution in [3.8, 4) is 23.3 Å². The SMILES string of the molecule is COc1ccc(CCNC(=O)CC#N)c(OCCOc2cc(C)cc(C)c2C)c1. The predicted molar refractivity (Wildman–Crippen MR) is 112 cm³/mol. The highest BCUT2D eigenvalue weighted by atomic mass is 16.5. The van der Waals surface area contributed by atoms with E-state index in [9.17, 15) is 4.79 Å². The number of aryl methyl sites for hydroxylation is 2. The lowest BCUT2D eigenvalue weighted by atomic mass is 10.1. The molecule has 2 aromatic carbocycles. The monoisotopic (exact) mass is 396 g/mol. The molecule has 0 bridgehead atoms. The standard InChI is InChI=1S/C23H28N2O4/c1-16-13-17(2)18(3)21(14-16)28-11-12-29-22-15-20(27-4)6-5-19(22)8-10-25-23(26)7-9-24/h5-6,13-15H,7-8,10-12H2,1-4H3,(H,25,26). The number of nitriles is 1. The van der Waals surface area contributed by atoms with E-state index in [1.54, 1.807) is 7.11 Å². The maximum Gasteiger partial charge on any atom is 0.234 e.